The van der Waals surface area contributed by atoms with E-state index in [0.29, 0.717) is 36.3 Å². The number of anilines is 2. The SMILES string of the molecule is CC(=O)Nc1nc2c(s1)-c1c(c(-c3cccnc3)nn1-c1ccc(C(=O)N3CCCN(c4ncccn4)CC3)cc1Br)CC2. The van der Waals surface area contributed by atoms with Gasteiger partial charge in [0.2, 0.25) is 11.9 Å². The molecule has 2 amide bonds. The van der Waals surface area contributed by atoms with Crippen LogP contribution < -0.4 is 10.2 Å². The molecular weight excluding hydrogens is 642 g/mol. The average molecular weight is 671 g/mol. The van der Waals surface area contributed by atoms with Gasteiger partial charge >= 0.3 is 0 Å². The number of fused-ring (bicyclic) bond motifs is 3. The highest BCUT2D eigenvalue weighted by atomic mass is 79.9. The Kier molecular flexibility index (Phi) is 7.64. The first-order chi connectivity index (χ1) is 21.5. The molecule has 4 aromatic heterocycles. The van der Waals surface area contributed by atoms with Gasteiger partial charge in [0, 0.05) is 79.1 Å². The zero-order valence-corrected chi connectivity index (χ0v) is 26.3. The minimum atomic E-state index is -0.158. The van der Waals surface area contributed by atoms with E-state index in [0.717, 1.165) is 69.1 Å². The lowest BCUT2D eigenvalue weighted by Gasteiger charge is -2.22. The maximum Gasteiger partial charge on any atom is 0.253 e. The van der Waals surface area contributed by atoms with Gasteiger partial charge in [0.15, 0.2) is 5.13 Å². The second-order valence-electron chi connectivity index (χ2n) is 10.7. The van der Waals surface area contributed by atoms with E-state index in [2.05, 4.69) is 41.1 Å². The summed E-state index contributed by atoms with van der Waals surface area (Å²) in [5, 5.41) is 8.51. The molecule has 13 heteroatoms. The van der Waals surface area contributed by atoms with Crippen LogP contribution in [0.4, 0.5) is 11.1 Å². The summed E-state index contributed by atoms with van der Waals surface area (Å²) in [6.45, 7) is 4.19. The molecule has 1 saturated heterocycles. The lowest BCUT2D eigenvalue weighted by atomic mass is 9.95. The van der Waals surface area contributed by atoms with Crippen molar-refractivity contribution in [1.82, 2.24) is 34.6 Å². The number of nitrogens with one attached hydrogen (secondary N) is 1. The summed E-state index contributed by atoms with van der Waals surface area (Å²) in [7, 11) is 0. The van der Waals surface area contributed by atoms with Crippen LogP contribution in [0.5, 0.6) is 0 Å². The molecule has 0 atom stereocenters. The normalized spacial score (nSPS) is 14.5. The topological polar surface area (TPSA) is 122 Å². The fraction of sp³-hybridized carbons (Fsp3) is 0.258. The van der Waals surface area contributed by atoms with Gasteiger partial charge < -0.3 is 15.1 Å². The predicted octanol–water partition coefficient (Wildman–Crippen LogP) is 5.02. The molecule has 2 aliphatic rings. The summed E-state index contributed by atoms with van der Waals surface area (Å²) >= 11 is 5.21. The van der Waals surface area contributed by atoms with Crippen molar-refractivity contribution in [2.24, 2.45) is 0 Å². The molecule has 0 spiro atoms. The highest BCUT2D eigenvalue weighted by Crippen LogP contribution is 2.44. The van der Waals surface area contributed by atoms with Crippen molar-refractivity contribution in [3.05, 3.63) is 82.5 Å². The van der Waals surface area contributed by atoms with Gasteiger partial charge in [0.05, 0.1) is 27.6 Å². The molecule has 1 aliphatic heterocycles. The number of rotatable bonds is 5. The third-order valence-corrected chi connectivity index (χ3v) is 9.42. The summed E-state index contributed by atoms with van der Waals surface area (Å²) in [5.41, 5.74) is 6.17. The molecule has 11 nitrogen and oxygen atoms in total. The minimum Gasteiger partial charge on any atom is -0.339 e. The van der Waals surface area contributed by atoms with E-state index in [1.165, 1.54) is 18.3 Å². The molecule has 0 radical (unpaired) electrons. The molecular formula is C31H28BrN9O2S. The van der Waals surface area contributed by atoms with Gasteiger partial charge in [-0.05, 0) is 71.6 Å². The summed E-state index contributed by atoms with van der Waals surface area (Å²) in [6.07, 6.45) is 9.38. The van der Waals surface area contributed by atoms with Crippen LogP contribution >= 0.6 is 27.3 Å². The molecule has 44 heavy (non-hydrogen) atoms. The van der Waals surface area contributed by atoms with Crippen molar-refractivity contribution in [3.8, 4) is 27.5 Å². The fourth-order valence-electron chi connectivity index (χ4n) is 5.75. The quantitative estimate of drug-likeness (QED) is 0.277. The zero-order chi connectivity index (χ0) is 30.2. The maximum atomic E-state index is 13.7. The molecule has 0 saturated carbocycles. The molecule has 5 heterocycles. The summed E-state index contributed by atoms with van der Waals surface area (Å²) < 4.78 is 2.67. The van der Waals surface area contributed by atoms with Gasteiger partial charge in [0.25, 0.3) is 5.91 Å². The lowest BCUT2D eigenvalue weighted by Crippen LogP contribution is -2.35. The number of nitrogens with zero attached hydrogens (tertiary/aromatic N) is 8. The largest absolute Gasteiger partial charge is 0.339 e. The Balaban J connectivity index is 1.22. The van der Waals surface area contributed by atoms with Gasteiger partial charge in [-0.2, -0.15) is 5.10 Å². The molecule has 1 aromatic carbocycles. The van der Waals surface area contributed by atoms with E-state index in [9.17, 15) is 9.59 Å². The first-order valence-corrected chi connectivity index (χ1v) is 16.0. The van der Waals surface area contributed by atoms with Gasteiger partial charge in [-0.25, -0.2) is 19.6 Å². The molecule has 0 bridgehead atoms. The molecule has 0 unspecified atom stereocenters. The Morgan fingerprint density at radius 2 is 1.86 bits per heavy atom. The first kappa shape index (κ1) is 28.3. The van der Waals surface area contributed by atoms with E-state index >= 15 is 0 Å². The first-order valence-electron chi connectivity index (χ1n) is 14.4. The van der Waals surface area contributed by atoms with Gasteiger partial charge in [0.1, 0.15) is 0 Å². The fourth-order valence-corrected chi connectivity index (χ4v) is 7.42. The number of amides is 2. The molecule has 222 valence electrons. The van der Waals surface area contributed by atoms with Crippen LogP contribution in [0, 0.1) is 0 Å². The van der Waals surface area contributed by atoms with Crippen LogP contribution in [0.1, 0.15) is 35.0 Å². The van der Waals surface area contributed by atoms with Crippen molar-refractivity contribution in [3.63, 3.8) is 0 Å². The average Bonchev–Trinajstić information content (AvgIpc) is 3.53. The van der Waals surface area contributed by atoms with Crippen molar-refractivity contribution >= 4 is 50.2 Å². The number of halogens is 1. The second-order valence-corrected chi connectivity index (χ2v) is 12.5. The van der Waals surface area contributed by atoms with E-state index < -0.39 is 0 Å². The van der Waals surface area contributed by atoms with Crippen LogP contribution in [-0.2, 0) is 17.6 Å². The van der Waals surface area contributed by atoms with Crippen LogP contribution in [0.3, 0.4) is 0 Å². The predicted molar refractivity (Wildman–Crippen MR) is 172 cm³/mol. The van der Waals surface area contributed by atoms with Crippen LogP contribution in [0.25, 0.3) is 27.5 Å². The van der Waals surface area contributed by atoms with Crippen molar-refractivity contribution in [1.29, 1.82) is 0 Å². The number of aromatic nitrogens is 6. The molecule has 7 rings (SSSR count). The van der Waals surface area contributed by atoms with Crippen LogP contribution in [0.15, 0.2) is 65.7 Å². The van der Waals surface area contributed by atoms with Gasteiger partial charge in [-0.3, -0.25) is 14.6 Å². The summed E-state index contributed by atoms with van der Waals surface area (Å²) in [4.78, 5) is 48.2. The van der Waals surface area contributed by atoms with Crippen molar-refractivity contribution in [2.75, 3.05) is 36.4 Å². The number of benzene rings is 1. The second kappa shape index (κ2) is 11.9. The number of hydrogen-bond donors (Lipinski definition) is 1. The Labute approximate surface area is 266 Å². The Morgan fingerprint density at radius 3 is 2.64 bits per heavy atom. The van der Waals surface area contributed by atoms with Crippen molar-refractivity contribution < 1.29 is 9.59 Å². The van der Waals surface area contributed by atoms with E-state index in [-0.39, 0.29) is 11.8 Å². The molecule has 1 aliphatic carbocycles. The number of pyridine rings is 1. The van der Waals surface area contributed by atoms with E-state index in [4.69, 9.17) is 10.1 Å². The highest BCUT2D eigenvalue weighted by Gasteiger charge is 2.31. The highest BCUT2D eigenvalue weighted by molar-refractivity contribution is 9.10. The van der Waals surface area contributed by atoms with Crippen LogP contribution in [0.2, 0.25) is 0 Å². The zero-order valence-electron chi connectivity index (χ0n) is 23.9. The summed E-state index contributed by atoms with van der Waals surface area (Å²) in [6, 6.07) is 11.4. The number of aryl methyl sites for hydroxylation is 1. The molecule has 1 N–H and O–H groups in total. The third-order valence-electron chi connectivity index (χ3n) is 7.77. The molecule has 5 aromatic rings. The molecule has 1 fully saturated rings. The minimum absolute atomic E-state index is 0.0173. The number of carbonyl (C=O) groups is 2. The maximum absolute atomic E-state index is 13.7. The smallest absolute Gasteiger partial charge is 0.253 e. The van der Waals surface area contributed by atoms with E-state index in [1.807, 2.05) is 46.1 Å². The van der Waals surface area contributed by atoms with Crippen LogP contribution in [-0.4, -0.2) is 72.6 Å². The number of carbonyl (C=O) groups excluding carboxylic acids is 2. The van der Waals surface area contributed by atoms with Gasteiger partial charge in [-0.15, -0.1) is 0 Å². The third kappa shape index (κ3) is 5.37. The standard InChI is InChI=1S/C31H28BrN9O2S/c1-19(42)36-31-37-24-8-7-22-26(21-5-2-10-33-18-21)38-41(27(22)28(24)44-31)25-9-6-20(17-23(25)32)29(43)39-13-4-14-40(16-15-39)30-34-11-3-12-35-30/h2-3,5-6,9-12,17-18H,4,7-8,13-16H2,1H3,(H,36,37,42). The Bertz CT molecular complexity index is 1860. The number of thiazole rings is 1. The monoisotopic (exact) mass is 669 g/mol. The van der Waals surface area contributed by atoms with Crippen molar-refractivity contribution in [2.45, 2.75) is 26.2 Å². The lowest BCUT2D eigenvalue weighted by molar-refractivity contribution is -0.114. The number of hydrogen-bond acceptors (Lipinski definition) is 9. The Hall–Kier alpha value is -4.49. The van der Waals surface area contributed by atoms with E-state index in [1.54, 1.807) is 24.7 Å². The Morgan fingerprint density at radius 1 is 1.00 bits per heavy atom. The van der Waals surface area contributed by atoms with Gasteiger partial charge in [-0.1, -0.05) is 11.3 Å². The summed E-state index contributed by atoms with van der Waals surface area (Å²) in [5.74, 6) is 0.515.